The van der Waals surface area contributed by atoms with Gasteiger partial charge in [0, 0.05) is 12.1 Å². The van der Waals surface area contributed by atoms with Gasteiger partial charge in [0.1, 0.15) is 5.75 Å². The summed E-state index contributed by atoms with van der Waals surface area (Å²) in [6, 6.07) is 13.6. The number of amides is 1. The van der Waals surface area contributed by atoms with Crippen molar-refractivity contribution in [2.75, 3.05) is 13.2 Å². The number of nitrogens with one attached hydrogen (secondary N) is 1. The maximum atomic E-state index is 12.3. The smallest absolute Gasteiger partial charge is 0.251 e. The summed E-state index contributed by atoms with van der Waals surface area (Å²) in [6.45, 7) is 5.20. The average molecular weight is 340 g/mol. The largest absolute Gasteiger partial charge is 0.494 e. The van der Waals surface area contributed by atoms with Crippen LogP contribution >= 0.6 is 11.3 Å². The third kappa shape index (κ3) is 3.92. The molecule has 1 amide bonds. The van der Waals surface area contributed by atoms with Crippen molar-refractivity contribution in [3.8, 4) is 5.75 Å². The minimum Gasteiger partial charge on any atom is -0.494 e. The molecule has 24 heavy (non-hydrogen) atoms. The fraction of sp³-hybridized carbons (Fsp3) is 0.263. The predicted octanol–water partition coefficient (Wildman–Crippen LogP) is 3.98. The molecule has 0 radical (unpaired) electrons. The predicted molar refractivity (Wildman–Crippen MR) is 98.0 cm³/mol. The van der Waals surface area contributed by atoms with Gasteiger partial charge in [-0.05, 0) is 56.2 Å². The van der Waals surface area contributed by atoms with E-state index in [1.807, 2.05) is 56.3 Å². The van der Waals surface area contributed by atoms with Crippen molar-refractivity contribution in [3.63, 3.8) is 0 Å². The van der Waals surface area contributed by atoms with E-state index in [0.717, 1.165) is 27.4 Å². The number of aromatic nitrogens is 1. The number of benzene rings is 2. The first-order chi connectivity index (χ1) is 11.7. The molecule has 0 spiro atoms. The maximum Gasteiger partial charge on any atom is 0.251 e. The van der Waals surface area contributed by atoms with Crippen LogP contribution in [0.15, 0.2) is 42.5 Å². The quantitative estimate of drug-likeness (QED) is 0.738. The summed E-state index contributed by atoms with van der Waals surface area (Å²) in [5.41, 5.74) is 2.71. The van der Waals surface area contributed by atoms with Crippen LogP contribution in [0.25, 0.3) is 10.2 Å². The molecule has 2 aromatic carbocycles. The zero-order valence-corrected chi connectivity index (χ0v) is 14.7. The number of aryl methyl sites for hydroxylation is 1. The Morgan fingerprint density at radius 1 is 1.21 bits per heavy atom. The van der Waals surface area contributed by atoms with E-state index in [4.69, 9.17) is 4.74 Å². The first kappa shape index (κ1) is 16.5. The van der Waals surface area contributed by atoms with E-state index in [-0.39, 0.29) is 5.91 Å². The Kier molecular flexibility index (Phi) is 5.11. The Hall–Kier alpha value is -2.40. The van der Waals surface area contributed by atoms with Crippen LogP contribution in [0.3, 0.4) is 0 Å². The molecule has 1 heterocycles. The second-order valence-corrected chi connectivity index (χ2v) is 6.73. The van der Waals surface area contributed by atoms with Crippen LogP contribution in [0.2, 0.25) is 0 Å². The molecule has 0 saturated heterocycles. The van der Waals surface area contributed by atoms with Crippen LogP contribution in [-0.4, -0.2) is 24.0 Å². The molecule has 0 aliphatic heterocycles. The van der Waals surface area contributed by atoms with E-state index >= 15 is 0 Å². The molecule has 3 rings (SSSR count). The number of carbonyl (C=O) groups is 1. The van der Waals surface area contributed by atoms with E-state index < -0.39 is 0 Å². The SMILES string of the molecule is CCOc1ccc(CCNC(=O)c2ccc3sc(C)nc3c2)cc1. The topological polar surface area (TPSA) is 51.2 Å². The summed E-state index contributed by atoms with van der Waals surface area (Å²) >= 11 is 1.64. The van der Waals surface area contributed by atoms with Crippen LogP contribution in [0.5, 0.6) is 5.75 Å². The number of nitrogens with zero attached hydrogens (tertiary/aromatic N) is 1. The van der Waals surface area contributed by atoms with Gasteiger partial charge in [0.05, 0.1) is 21.8 Å². The molecule has 1 N–H and O–H groups in total. The lowest BCUT2D eigenvalue weighted by Crippen LogP contribution is -2.25. The Labute approximate surface area is 145 Å². The number of carbonyl (C=O) groups excluding carboxylic acids is 1. The Bertz CT molecular complexity index is 840. The number of fused-ring (bicyclic) bond motifs is 1. The summed E-state index contributed by atoms with van der Waals surface area (Å²) in [6.07, 6.45) is 0.788. The second-order valence-electron chi connectivity index (χ2n) is 5.50. The number of ether oxygens (including phenoxy) is 1. The van der Waals surface area contributed by atoms with E-state index in [9.17, 15) is 4.79 Å². The van der Waals surface area contributed by atoms with Gasteiger partial charge in [-0.1, -0.05) is 12.1 Å². The van der Waals surface area contributed by atoms with Crippen molar-refractivity contribution in [3.05, 3.63) is 58.6 Å². The summed E-state index contributed by atoms with van der Waals surface area (Å²) in [5, 5.41) is 3.98. The van der Waals surface area contributed by atoms with Crippen LogP contribution in [0, 0.1) is 6.92 Å². The Morgan fingerprint density at radius 3 is 2.75 bits per heavy atom. The summed E-state index contributed by atoms with van der Waals surface area (Å²) < 4.78 is 6.53. The molecular weight excluding hydrogens is 320 g/mol. The van der Waals surface area contributed by atoms with Crippen LogP contribution < -0.4 is 10.1 Å². The van der Waals surface area contributed by atoms with Gasteiger partial charge in [-0.3, -0.25) is 4.79 Å². The fourth-order valence-corrected chi connectivity index (χ4v) is 3.33. The fourth-order valence-electron chi connectivity index (χ4n) is 2.53. The number of hydrogen-bond donors (Lipinski definition) is 1. The molecule has 3 aromatic rings. The van der Waals surface area contributed by atoms with Crippen molar-refractivity contribution in [1.82, 2.24) is 10.3 Å². The number of thiazole rings is 1. The van der Waals surface area contributed by atoms with Gasteiger partial charge in [-0.25, -0.2) is 4.98 Å². The van der Waals surface area contributed by atoms with E-state index in [2.05, 4.69) is 10.3 Å². The molecule has 4 nitrogen and oxygen atoms in total. The summed E-state index contributed by atoms with van der Waals surface area (Å²) in [7, 11) is 0. The van der Waals surface area contributed by atoms with Crippen molar-refractivity contribution in [2.45, 2.75) is 20.3 Å². The summed E-state index contributed by atoms with van der Waals surface area (Å²) in [5.74, 6) is 0.811. The van der Waals surface area contributed by atoms with Crippen molar-refractivity contribution in [2.24, 2.45) is 0 Å². The Balaban J connectivity index is 1.56. The number of hydrogen-bond acceptors (Lipinski definition) is 4. The minimum atomic E-state index is -0.0616. The zero-order valence-electron chi connectivity index (χ0n) is 13.8. The molecule has 124 valence electrons. The lowest BCUT2D eigenvalue weighted by Gasteiger charge is -2.07. The van der Waals surface area contributed by atoms with E-state index in [1.165, 1.54) is 5.56 Å². The lowest BCUT2D eigenvalue weighted by atomic mass is 10.1. The van der Waals surface area contributed by atoms with Gasteiger partial charge in [-0.15, -0.1) is 11.3 Å². The van der Waals surface area contributed by atoms with Gasteiger partial charge in [0.15, 0.2) is 0 Å². The molecule has 0 saturated carbocycles. The highest BCUT2D eigenvalue weighted by atomic mass is 32.1. The molecule has 0 bridgehead atoms. The van der Waals surface area contributed by atoms with Gasteiger partial charge in [0.2, 0.25) is 0 Å². The molecule has 0 unspecified atom stereocenters. The monoisotopic (exact) mass is 340 g/mol. The molecule has 5 heteroatoms. The van der Waals surface area contributed by atoms with Gasteiger partial charge >= 0.3 is 0 Å². The van der Waals surface area contributed by atoms with Crippen LogP contribution in [-0.2, 0) is 6.42 Å². The lowest BCUT2D eigenvalue weighted by molar-refractivity contribution is 0.0954. The molecule has 0 aliphatic rings. The van der Waals surface area contributed by atoms with E-state index in [0.29, 0.717) is 18.7 Å². The van der Waals surface area contributed by atoms with E-state index in [1.54, 1.807) is 11.3 Å². The van der Waals surface area contributed by atoms with Crippen molar-refractivity contribution in [1.29, 1.82) is 0 Å². The van der Waals surface area contributed by atoms with Gasteiger partial charge in [0.25, 0.3) is 5.91 Å². The minimum absolute atomic E-state index is 0.0616. The van der Waals surface area contributed by atoms with Crippen LogP contribution in [0.1, 0.15) is 27.9 Å². The maximum absolute atomic E-state index is 12.3. The van der Waals surface area contributed by atoms with Crippen molar-refractivity contribution < 1.29 is 9.53 Å². The molecular formula is C19H20N2O2S. The van der Waals surface area contributed by atoms with Crippen molar-refractivity contribution >= 4 is 27.5 Å². The van der Waals surface area contributed by atoms with Gasteiger partial charge in [-0.2, -0.15) is 0 Å². The normalized spacial score (nSPS) is 10.8. The Morgan fingerprint density at radius 2 is 2.00 bits per heavy atom. The molecule has 0 atom stereocenters. The summed E-state index contributed by atoms with van der Waals surface area (Å²) in [4.78, 5) is 16.7. The molecule has 1 aromatic heterocycles. The third-order valence-electron chi connectivity index (χ3n) is 3.69. The first-order valence-corrected chi connectivity index (χ1v) is 8.84. The standard InChI is InChI=1S/C19H20N2O2S/c1-3-23-16-7-4-14(5-8-16)10-11-20-19(22)15-6-9-18-17(12-15)21-13(2)24-18/h4-9,12H,3,10-11H2,1-2H3,(H,20,22). The number of rotatable bonds is 6. The highest BCUT2D eigenvalue weighted by Gasteiger charge is 2.08. The highest BCUT2D eigenvalue weighted by Crippen LogP contribution is 2.22. The van der Waals surface area contributed by atoms with Crippen LogP contribution in [0.4, 0.5) is 0 Å². The first-order valence-electron chi connectivity index (χ1n) is 8.03. The zero-order chi connectivity index (χ0) is 16.9. The highest BCUT2D eigenvalue weighted by molar-refractivity contribution is 7.18. The third-order valence-corrected chi connectivity index (χ3v) is 4.64. The van der Waals surface area contributed by atoms with Gasteiger partial charge < -0.3 is 10.1 Å². The molecule has 0 fully saturated rings. The average Bonchev–Trinajstić information content (AvgIpc) is 2.95. The molecule has 0 aliphatic carbocycles. The second kappa shape index (κ2) is 7.45.